The van der Waals surface area contributed by atoms with Crippen LogP contribution in [0.3, 0.4) is 0 Å². The zero-order valence-corrected chi connectivity index (χ0v) is 10.2. The molecule has 0 amide bonds. The van der Waals surface area contributed by atoms with Gasteiger partial charge in [-0.1, -0.05) is 0 Å². The molecule has 0 aromatic carbocycles. The van der Waals surface area contributed by atoms with Crippen molar-refractivity contribution >= 4 is 11.9 Å². The summed E-state index contributed by atoms with van der Waals surface area (Å²) in [4.78, 5) is 21.5. The monoisotopic (exact) mass is 251 g/mol. The summed E-state index contributed by atoms with van der Waals surface area (Å²) in [6.07, 6.45) is -0.141. The van der Waals surface area contributed by atoms with Gasteiger partial charge in [-0.3, -0.25) is 14.1 Å². The Morgan fingerprint density at radius 3 is 2.53 bits per heavy atom. The third kappa shape index (κ3) is 7.64. The fourth-order valence-electron chi connectivity index (χ4n) is 0.957. The van der Waals surface area contributed by atoms with Crippen LogP contribution in [0.15, 0.2) is 0 Å². The first-order valence-electron chi connectivity index (χ1n) is 5.30. The molecule has 0 aliphatic rings. The Kier molecular flexibility index (Phi) is 6.67. The standard InChI is InChI=1S/C10H19FN2O4/c1-13(2,7-11)5-6-17-10(16)8(12)3-4-9(14)15/h8H,3-7,12H2,1-2H3/p+1/t8-/m0/s1. The number of carboxylic acids is 1. The second-order valence-electron chi connectivity index (χ2n) is 4.49. The highest BCUT2D eigenvalue weighted by atomic mass is 19.1. The van der Waals surface area contributed by atoms with E-state index in [2.05, 4.69) is 0 Å². The number of aliphatic carboxylic acids is 1. The normalized spacial score (nSPS) is 13.2. The van der Waals surface area contributed by atoms with Gasteiger partial charge in [0.1, 0.15) is 19.2 Å². The molecule has 0 saturated heterocycles. The number of carbonyl (C=O) groups is 2. The third-order valence-electron chi connectivity index (χ3n) is 2.24. The molecule has 0 unspecified atom stereocenters. The fourth-order valence-corrected chi connectivity index (χ4v) is 0.957. The van der Waals surface area contributed by atoms with Crippen molar-refractivity contribution < 1.29 is 28.3 Å². The second-order valence-corrected chi connectivity index (χ2v) is 4.49. The third-order valence-corrected chi connectivity index (χ3v) is 2.24. The first kappa shape index (κ1) is 15.8. The summed E-state index contributed by atoms with van der Waals surface area (Å²) in [5.41, 5.74) is 5.43. The molecule has 6 nitrogen and oxygen atoms in total. The number of carbonyl (C=O) groups excluding carboxylic acids is 1. The van der Waals surface area contributed by atoms with Crippen LogP contribution in [0.5, 0.6) is 0 Å². The van der Waals surface area contributed by atoms with Crippen LogP contribution in [0.2, 0.25) is 0 Å². The lowest BCUT2D eigenvalue weighted by atomic mass is 10.2. The number of carboxylic acid groups (broad SMARTS) is 1. The molecular weight excluding hydrogens is 231 g/mol. The van der Waals surface area contributed by atoms with Crippen LogP contribution in [0.25, 0.3) is 0 Å². The van der Waals surface area contributed by atoms with Gasteiger partial charge in [-0.15, -0.1) is 0 Å². The molecule has 0 radical (unpaired) electrons. The van der Waals surface area contributed by atoms with Crippen molar-refractivity contribution in [2.24, 2.45) is 5.73 Å². The number of nitrogens with zero attached hydrogens (tertiary/aromatic N) is 1. The van der Waals surface area contributed by atoms with Crippen molar-refractivity contribution in [3.63, 3.8) is 0 Å². The summed E-state index contributed by atoms with van der Waals surface area (Å²) in [7, 11) is 3.33. The minimum atomic E-state index is -1.01. The van der Waals surface area contributed by atoms with Crippen molar-refractivity contribution in [3.05, 3.63) is 0 Å². The molecular formula is C10H20FN2O4+. The minimum absolute atomic E-state index is 0.0372. The average molecular weight is 251 g/mol. The first-order valence-corrected chi connectivity index (χ1v) is 5.30. The largest absolute Gasteiger partial charge is 0.481 e. The molecule has 1 atom stereocenters. The molecule has 0 fully saturated rings. The van der Waals surface area contributed by atoms with Crippen molar-refractivity contribution in [1.29, 1.82) is 0 Å². The number of ether oxygens (including phenoxy) is 1. The Hall–Kier alpha value is -1.21. The maximum absolute atomic E-state index is 12.4. The summed E-state index contributed by atoms with van der Waals surface area (Å²) >= 11 is 0. The molecule has 0 spiro atoms. The van der Waals surface area contributed by atoms with Crippen LogP contribution < -0.4 is 5.73 Å². The Bertz CT molecular complexity index is 271. The van der Waals surface area contributed by atoms with E-state index in [-0.39, 0.29) is 23.9 Å². The number of alkyl halides is 1. The molecule has 100 valence electrons. The molecule has 17 heavy (non-hydrogen) atoms. The number of likely N-dealkylation sites (N-methyl/N-ethyl adjacent to an activating group) is 1. The fraction of sp³-hybridized carbons (Fsp3) is 0.800. The van der Waals surface area contributed by atoms with E-state index in [9.17, 15) is 14.0 Å². The highest BCUT2D eigenvalue weighted by Gasteiger charge is 2.19. The average Bonchev–Trinajstić information content (AvgIpc) is 2.25. The zero-order valence-electron chi connectivity index (χ0n) is 10.2. The van der Waals surface area contributed by atoms with Gasteiger partial charge in [0.2, 0.25) is 6.80 Å². The SMILES string of the molecule is C[N+](C)(CF)CCOC(=O)[C@@H](N)CCC(=O)O. The predicted molar refractivity (Wildman–Crippen MR) is 58.8 cm³/mol. The summed E-state index contributed by atoms with van der Waals surface area (Å²) in [5.74, 6) is -1.66. The van der Waals surface area contributed by atoms with Crippen molar-refractivity contribution in [2.45, 2.75) is 18.9 Å². The lowest BCUT2D eigenvalue weighted by Gasteiger charge is -2.25. The van der Waals surface area contributed by atoms with Crippen molar-refractivity contribution in [1.82, 2.24) is 0 Å². The van der Waals surface area contributed by atoms with E-state index in [0.29, 0.717) is 6.54 Å². The van der Waals surface area contributed by atoms with Crippen molar-refractivity contribution in [2.75, 3.05) is 34.0 Å². The van der Waals surface area contributed by atoms with Gasteiger partial charge in [0.15, 0.2) is 0 Å². The summed E-state index contributed by atoms with van der Waals surface area (Å²) in [6, 6.07) is -0.938. The lowest BCUT2D eigenvalue weighted by Crippen LogP contribution is -2.42. The van der Waals surface area contributed by atoms with E-state index in [0.717, 1.165) is 0 Å². The number of esters is 1. The van der Waals surface area contributed by atoms with Gasteiger partial charge in [-0.25, -0.2) is 0 Å². The van der Waals surface area contributed by atoms with Gasteiger partial charge in [-0.05, 0) is 6.42 Å². The molecule has 0 saturated carbocycles. The lowest BCUT2D eigenvalue weighted by molar-refractivity contribution is -0.902. The molecule has 0 rings (SSSR count). The first-order chi connectivity index (χ1) is 7.78. The van der Waals surface area contributed by atoms with Gasteiger partial charge in [0, 0.05) is 6.42 Å². The van der Waals surface area contributed by atoms with Gasteiger partial charge in [0.25, 0.3) is 0 Å². The van der Waals surface area contributed by atoms with Gasteiger partial charge >= 0.3 is 11.9 Å². The highest BCUT2D eigenvalue weighted by molar-refractivity contribution is 5.76. The molecule has 0 aromatic heterocycles. The van der Waals surface area contributed by atoms with Crippen LogP contribution >= 0.6 is 0 Å². The summed E-state index contributed by atoms with van der Waals surface area (Å²) in [6.45, 7) is -0.146. The maximum atomic E-state index is 12.4. The second kappa shape index (κ2) is 7.18. The molecule has 0 aliphatic heterocycles. The van der Waals surface area contributed by atoms with Gasteiger partial charge in [0.05, 0.1) is 14.1 Å². The van der Waals surface area contributed by atoms with Crippen LogP contribution in [0, 0.1) is 0 Å². The smallest absolute Gasteiger partial charge is 0.323 e. The van der Waals surface area contributed by atoms with Crippen molar-refractivity contribution in [3.8, 4) is 0 Å². The van der Waals surface area contributed by atoms with Crippen LogP contribution in [0.1, 0.15) is 12.8 Å². The summed E-state index contributed by atoms with van der Waals surface area (Å²) < 4.78 is 17.3. The zero-order chi connectivity index (χ0) is 13.5. The number of hydrogen-bond acceptors (Lipinski definition) is 4. The maximum Gasteiger partial charge on any atom is 0.323 e. The molecule has 3 N–H and O–H groups in total. The van der Waals surface area contributed by atoms with Crippen LogP contribution in [-0.4, -0.2) is 61.6 Å². The van der Waals surface area contributed by atoms with E-state index < -0.39 is 24.8 Å². The van der Waals surface area contributed by atoms with E-state index in [1.165, 1.54) is 0 Å². The van der Waals surface area contributed by atoms with E-state index >= 15 is 0 Å². The van der Waals surface area contributed by atoms with E-state index in [1.54, 1.807) is 14.1 Å². The molecule has 7 heteroatoms. The predicted octanol–water partition coefficient (Wildman–Crippen LogP) is -0.275. The van der Waals surface area contributed by atoms with Crippen LogP contribution in [-0.2, 0) is 14.3 Å². The van der Waals surface area contributed by atoms with E-state index in [1.807, 2.05) is 0 Å². The van der Waals surface area contributed by atoms with Gasteiger partial charge < -0.3 is 15.6 Å². The molecule has 0 aromatic rings. The van der Waals surface area contributed by atoms with E-state index in [4.69, 9.17) is 15.6 Å². The van der Waals surface area contributed by atoms with Crippen LogP contribution in [0.4, 0.5) is 4.39 Å². The minimum Gasteiger partial charge on any atom is -0.481 e. The number of rotatable bonds is 8. The Labute approximate surface area is 99.7 Å². The molecule has 0 aliphatic carbocycles. The topological polar surface area (TPSA) is 89.6 Å². The highest BCUT2D eigenvalue weighted by Crippen LogP contribution is 2.00. The number of halogens is 1. The summed E-state index contributed by atoms with van der Waals surface area (Å²) in [5, 5.41) is 8.41. The Morgan fingerprint density at radius 1 is 1.47 bits per heavy atom. The number of hydrogen-bond donors (Lipinski definition) is 2. The molecule has 0 bridgehead atoms. The number of quaternary nitrogens is 1. The van der Waals surface area contributed by atoms with Gasteiger partial charge in [-0.2, -0.15) is 4.39 Å². The quantitative estimate of drug-likeness (QED) is 0.352. The Morgan fingerprint density at radius 2 is 2.06 bits per heavy atom. The molecule has 0 heterocycles. The number of nitrogens with two attached hydrogens (primary N) is 1. The Balaban J connectivity index is 3.82.